The van der Waals surface area contributed by atoms with Crippen LogP contribution in [0.3, 0.4) is 0 Å². The monoisotopic (exact) mass is 187 g/mol. The number of carbonyl (C=O) groups is 1. The van der Waals surface area contributed by atoms with Gasteiger partial charge in [0.25, 0.3) is 0 Å². The maximum absolute atomic E-state index is 10.1. The number of rotatable bonds is 3. The van der Waals surface area contributed by atoms with E-state index in [1.807, 2.05) is 30.3 Å². The normalized spacial score (nSPS) is 10.0. The first-order valence-corrected chi connectivity index (χ1v) is 4.28. The van der Waals surface area contributed by atoms with Gasteiger partial charge in [0, 0.05) is 5.39 Å². The van der Waals surface area contributed by atoms with E-state index in [9.17, 15) is 4.79 Å². The van der Waals surface area contributed by atoms with Gasteiger partial charge in [-0.1, -0.05) is 18.2 Å². The summed E-state index contributed by atoms with van der Waals surface area (Å²) in [7, 11) is 0. The van der Waals surface area contributed by atoms with E-state index in [1.54, 1.807) is 0 Å². The molecule has 4 heteroatoms. The quantitative estimate of drug-likeness (QED) is 0.725. The number of amides is 1. The third-order valence-electron chi connectivity index (χ3n) is 1.91. The second kappa shape index (κ2) is 3.83. The third kappa shape index (κ3) is 1.69. The van der Waals surface area contributed by atoms with Crippen LogP contribution in [0.25, 0.3) is 10.9 Å². The SMILES string of the molecule is O=CNCc1cc2ccccc2nn1. The van der Waals surface area contributed by atoms with Gasteiger partial charge in [0.1, 0.15) is 0 Å². The van der Waals surface area contributed by atoms with Crippen LogP contribution in [0, 0.1) is 0 Å². The van der Waals surface area contributed by atoms with Gasteiger partial charge < -0.3 is 5.32 Å². The molecule has 0 saturated carbocycles. The van der Waals surface area contributed by atoms with Gasteiger partial charge in [-0.25, -0.2) is 0 Å². The molecule has 0 aliphatic carbocycles. The van der Waals surface area contributed by atoms with Crippen molar-refractivity contribution < 1.29 is 4.79 Å². The molecule has 1 aromatic carbocycles. The first-order chi connectivity index (χ1) is 6.90. The number of hydrogen-bond donors (Lipinski definition) is 1. The van der Waals surface area contributed by atoms with Crippen molar-refractivity contribution in [3.63, 3.8) is 0 Å². The average molecular weight is 187 g/mol. The fourth-order valence-electron chi connectivity index (χ4n) is 1.26. The summed E-state index contributed by atoms with van der Waals surface area (Å²) in [5.41, 5.74) is 1.62. The summed E-state index contributed by atoms with van der Waals surface area (Å²) in [6, 6.07) is 9.65. The van der Waals surface area contributed by atoms with Crippen molar-refractivity contribution >= 4 is 17.3 Å². The molecule has 0 unspecified atom stereocenters. The first-order valence-electron chi connectivity index (χ1n) is 4.28. The Kier molecular flexibility index (Phi) is 2.36. The van der Waals surface area contributed by atoms with Crippen LogP contribution >= 0.6 is 0 Å². The van der Waals surface area contributed by atoms with E-state index in [0.717, 1.165) is 16.6 Å². The molecule has 1 amide bonds. The number of nitrogens with one attached hydrogen (secondary N) is 1. The van der Waals surface area contributed by atoms with E-state index in [4.69, 9.17) is 0 Å². The van der Waals surface area contributed by atoms with Gasteiger partial charge in [0.05, 0.1) is 17.8 Å². The molecule has 4 nitrogen and oxygen atoms in total. The van der Waals surface area contributed by atoms with E-state index < -0.39 is 0 Å². The number of aromatic nitrogens is 2. The lowest BCUT2D eigenvalue weighted by Gasteiger charge is -1.99. The van der Waals surface area contributed by atoms with Crippen LogP contribution in [0.1, 0.15) is 5.69 Å². The van der Waals surface area contributed by atoms with Gasteiger partial charge >= 0.3 is 0 Å². The van der Waals surface area contributed by atoms with E-state index in [0.29, 0.717) is 13.0 Å². The standard InChI is InChI=1S/C10H9N3O/c14-7-11-6-9-5-8-3-1-2-4-10(8)13-12-9/h1-5,7H,6H2,(H,11,14). The fourth-order valence-corrected chi connectivity index (χ4v) is 1.26. The Bertz CT molecular complexity index is 456. The lowest BCUT2D eigenvalue weighted by Crippen LogP contribution is -2.11. The molecule has 1 N–H and O–H groups in total. The van der Waals surface area contributed by atoms with E-state index >= 15 is 0 Å². The Morgan fingerprint density at radius 1 is 1.29 bits per heavy atom. The molecule has 0 spiro atoms. The zero-order chi connectivity index (χ0) is 9.80. The molecule has 14 heavy (non-hydrogen) atoms. The smallest absolute Gasteiger partial charge is 0.207 e. The maximum atomic E-state index is 10.1. The summed E-state index contributed by atoms with van der Waals surface area (Å²) in [4.78, 5) is 10.1. The molecule has 70 valence electrons. The van der Waals surface area contributed by atoms with Gasteiger partial charge in [-0.3, -0.25) is 4.79 Å². The van der Waals surface area contributed by atoms with Crippen molar-refractivity contribution in [3.05, 3.63) is 36.0 Å². The molecule has 2 aromatic rings. The van der Waals surface area contributed by atoms with Crippen LogP contribution in [-0.4, -0.2) is 16.6 Å². The Balaban J connectivity index is 2.36. The third-order valence-corrected chi connectivity index (χ3v) is 1.91. The molecular weight excluding hydrogens is 178 g/mol. The fraction of sp³-hybridized carbons (Fsp3) is 0.100. The molecule has 0 aliphatic heterocycles. The van der Waals surface area contributed by atoms with E-state index in [-0.39, 0.29) is 0 Å². The largest absolute Gasteiger partial charge is 0.353 e. The molecule has 0 atom stereocenters. The Hall–Kier alpha value is -1.97. The zero-order valence-electron chi connectivity index (χ0n) is 7.47. The molecular formula is C10H9N3O. The minimum Gasteiger partial charge on any atom is -0.353 e. The van der Waals surface area contributed by atoms with Crippen molar-refractivity contribution in [1.29, 1.82) is 0 Å². The highest BCUT2D eigenvalue weighted by molar-refractivity contribution is 5.77. The van der Waals surface area contributed by atoms with Gasteiger partial charge in [-0.2, -0.15) is 10.2 Å². The molecule has 0 fully saturated rings. The van der Waals surface area contributed by atoms with Crippen molar-refractivity contribution in [3.8, 4) is 0 Å². The second-order valence-corrected chi connectivity index (χ2v) is 2.89. The summed E-state index contributed by atoms with van der Waals surface area (Å²) in [5, 5.41) is 11.6. The highest BCUT2D eigenvalue weighted by atomic mass is 16.1. The van der Waals surface area contributed by atoms with Crippen molar-refractivity contribution in [2.75, 3.05) is 0 Å². The minimum atomic E-state index is 0.418. The van der Waals surface area contributed by atoms with Gasteiger partial charge in [0.2, 0.25) is 6.41 Å². The predicted octanol–water partition coefficient (Wildman–Crippen LogP) is 0.876. The number of nitrogens with zero attached hydrogens (tertiary/aromatic N) is 2. The Morgan fingerprint density at radius 3 is 3.00 bits per heavy atom. The second-order valence-electron chi connectivity index (χ2n) is 2.89. The number of fused-ring (bicyclic) bond motifs is 1. The van der Waals surface area contributed by atoms with E-state index in [2.05, 4.69) is 15.5 Å². The van der Waals surface area contributed by atoms with Crippen LogP contribution < -0.4 is 5.32 Å². The van der Waals surface area contributed by atoms with Crippen molar-refractivity contribution in [2.24, 2.45) is 0 Å². The molecule has 0 radical (unpaired) electrons. The lowest BCUT2D eigenvalue weighted by molar-refractivity contribution is -0.109. The highest BCUT2D eigenvalue weighted by Crippen LogP contribution is 2.10. The molecule has 0 aliphatic rings. The highest BCUT2D eigenvalue weighted by Gasteiger charge is 1.97. The minimum absolute atomic E-state index is 0.418. The van der Waals surface area contributed by atoms with Crippen LogP contribution in [0.2, 0.25) is 0 Å². The van der Waals surface area contributed by atoms with Crippen LogP contribution in [0.15, 0.2) is 30.3 Å². The van der Waals surface area contributed by atoms with Crippen molar-refractivity contribution in [2.45, 2.75) is 6.54 Å². The molecule has 1 aromatic heterocycles. The average Bonchev–Trinajstić information content (AvgIpc) is 2.26. The zero-order valence-corrected chi connectivity index (χ0v) is 7.47. The maximum Gasteiger partial charge on any atom is 0.207 e. The topological polar surface area (TPSA) is 54.9 Å². The van der Waals surface area contributed by atoms with E-state index in [1.165, 1.54) is 0 Å². The molecule has 0 bridgehead atoms. The Labute approximate surface area is 81.0 Å². The van der Waals surface area contributed by atoms with Crippen LogP contribution in [0.5, 0.6) is 0 Å². The number of benzene rings is 1. The van der Waals surface area contributed by atoms with Gasteiger partial charge in [-0.05, 0) is 12.1 Å². The molecule has 1 heterocycles. The van der Waals surface area contributed by atoms with Crippen LogP contribution in [-0.2, 0) is 11.3 Å². The number of carbonyl (C=O) groups excluding carboxylic acids is 1. The Morgan fingerprint density at radius 2 is 2.14 bits per heavy atom. The molecule has 0 saturated heterocycles. The molecule has 2 rings (SSSR count). The van der Waals surface area contributed by atoms with Crippen molar-refractivity contribution in [1.82, 2.24) is 15.5 Å². The van der Waals surface area contributed by atoms with Gasteiger partial charge in [-0.15, -0.1) is 0 Å². The summed E-state index contributed by atoms with van der Waals surface area (Å²) in [6.45, 7) is 0.418. The summed E-state index contributed by atoms with van der Waals surface area (Å²) < 4.78 is 0. The summed E-state index contributed by atoms with van der Waals surface area (Å²) in [5.74, 6) is 0. The predicted molar refractivity (Wildman–Crippen MR) is 52.4 cm³/mol. The van der Waals surface area contributed by atoms with Gasteiger partial charge in [0.15, 0.2) is 0 Å². The lowest BCUT2D eigenvalue weighted by atomic mass is 10.2. The number of hydrogen-bond acceptors (Lipinski definition) is 3. The van der Waals surface area contributed by atoms with Crippen LogP contribution in [0.4, 0.5) is 0 Å². The first kappa shape index (κ1) is 8.62. The summed E-state index contributed by atoms with van der Waals surface area (Å²) >= 11 is 0. The summed E-state index contributed by atoms with van der Waals surface area (Å²) in [6.07, 6.45) is 0.650.